The van der Waals surface area contributed by atoms with Gasteiger partial charge in [-0.2, -0.15) is 0 Å². The molecule has 8 nitrogen and oxygen atoms in total. The molecule has 34 heavy (non-hydrogen) atoms. The first-order valence-electron chi connectivity index (χ1n) is 10.8. The fourth-order valence-corrected chi connectivity index (χ4v) is 3.92. The monoisotopic (exact) mass is 450 g/mol. The summed E-state index contributed by atoms with van der Waals surface area (Å²) in [5, 5.41) is 8.92. The summed E-state index contributed by atoms with van der Waals surface area (Å²) in [6, 6.07) is 18.4. The van der Waals surface area contributed by atoms with Crippen LogP contribution in [0.5, 0.6) is 0 Å². The van der Waals surface area contributed by atoms with Gasteiger partial charge < -0.3 is 16.0 Å². The number of hydrogen-bond acceptors (Lipinski definition) is 6. The lowest BCUT2D eigenvalue weighted by molar-refractivity contribution is -0.115. The molecule has 2 amide bonds. The second-order valence-electron chi connectivity index (χ2n) is 8.17. The van der Waals surface area contributed by atoms with Gasteiger partial charge in [0, 0.05) is 34.3 Å². The van der Waals surface area contributed by atoms with E-state index in [0.29, 0.717) is 23.0 Å². The van der Waals surface area contributed by atoms with Crippen LogP contribution >= 0.6 is 0 Å². The summed E-state index contributed by atoms with van der Waals surface area (Å²) in [6.07, 6.45) is 1.88. The molecule has 0 unspecified atom stereocenters. The zero-order valence-corrected chi connectivity index (χ0v) is 18.7. The quantitative estimate of drug-likeness (QED) is 0.418. The van der Waals surface area contributed by atoms with Gasteiger partial charge in [0.1, 0.15) is 5.82 Å². The van der Waals surface area contributed by atoms with E-state index in [-0.39, 0.29) is 18.2 Å². The molecule has 5 rings (SSSR count). The van der Waals surface area contributed by atoms with Crippen LogP contribution in [0.1, 0.15) is 27.2 Å². The maximum Gasteiger partial charge on any atom is 0.256 e. The van der Waals surface area contributed by atoms with Crippen molar-refractivity contribution in [1.29, 1.82) is 0 Å². The van der Waals surface area contributed by atoms with Gasteiger partial charge in [0.25, 0.3) is 5.91 Å². The second kappa shape index (κ2) is 8.74. The standard InChI is InChI=1S/C26H22N6O2/c1-15-11-16(2)28-22(12-15)31-25(34)17-7-9-19(10-8-17)29-26-27-14-18-13-23(33)30-21-6-4-3-5-20(21)24(18)32-26/h3-12,14H,13H2,1-2H3,(H,30,33)(H,27,29,32)(H,28,31,34). The minimum atomic E-state index is -0.237. The molecule has 2 aromatic heterocycles. The topological polar surface area (TPSA) is 109 Å². The van der Waals surface area contributed by atoms with Gasteiger partial charge in [-0.25, -0.2) is 15.0 Å². The number of nitrogens with one attached hydrogen (secondary N) is 3. The molecule has 0 aliphatic carbocycles. The molecule has 0 spiro atoms. The molecule has 0 fully saturated rings. The number of carbonyl (C=O) groups excluding carboxylic acids is 2. The predicted octanol–water partition coefficient (Wildman–Crippen LogP) is 4.65. The molecule has 0 atom stereocenters. The molecule has 168 valence electrons. The third-order valence-electron chi connectivity index (χ3n) is 5.41. The lowest BCUT2D eigenvalue weighted by atomic mass is 10.1. The first-order chi connectivity index (χ1) is 16.4. The number of aryl methyl sites for hydroxylation is 2. The molecular formula is C26H22N6O2. The highest BCUT2D eigenvalue weighted by molar-refractivity contribution is 6.04. The minimum Gasteiger partial charge on any atom is -0.325 e. The van der Waals surface area contributed by atoms with Crippen LogP contribution in [0.2, 0.25) is 0 Å². The maximum atomic E-state index is 12.6. The number of fused-ring (bicyclic) bond motifs is 3. The van der Waals surface area contributed by atoms with Gasteiger partial charge in [0.2, 0.25) is 11.9 Å². The fraction of sp³-hybridized carbons (Fsp3) is 0.115. The van der Waals surface area contributed by atoms with Gasteiger partial charge in [-0.05, 0) is 61.9 Å². The van der Waals surface area contributed by atoms with E-state index >= 15 is 0 Å². The van der Waals surface area contributed by atoms with Gasteiger partial charge in [0.15, 0.2) is 0 Å². The number of carbonyl (C=O) groups is 2. The van der Waals surface area contributed by atoms with Crippen LogP contribution in [-0.4, -0.2) is 26.8 Å². The number of nitrogens with zero attached hydrogens (tertiary/aromatic N) is 3. The Labute approximate surface area is 196 Å². The van der Waals surface area contributed by atoms with E-state index in [1.54, 1.807) is 30.5 Å². The summed E-state index contributed by atoms with van der Waals surface area (Å²) in [4.78, 5) is 38.2. The summed E-state index contributed by atoms with van der Waals surface area (Å²) in [5.74, 6) is 0.593. The van der Waals surface area contributed by atoms with Crippen LogP contribution in [0.4, 0.5) is 23.1 Å². The third-order valence-corrected chi connectivity index (χ3v) is 5.41. The van der Waals surface area contributed by atoms with Crippen molar-refractivity contribution in [2.24, 2.45) is 0 Å². The Balaban J connectivity index is 1.35. The Kier molecular flexibility index (Phi) is 5.47. The van der Waals surface area contributed by atoms with Crippen LogP contribution in [0, 0.1) is 13.8 Å². The van der Waals surface area contributed by atoms with E-state index in [4.69, 9.17) is 0 Å². The Hall–Kier alpha value is -4.59. The van der Waals surface area contributed by atoms with Crippen LogP contribution in [0.25, 0.3) is 11.3 Å². The molecule has 2 aromatic carbocycles. The number of rotatable bonds is 4. The minimum absolute atomic E-state index is 0.0969. The largest absolute Gasteiger partial charge is 0.325 e. The van der Waals surface area contributed by atoms with E-state index < -0.39 is 0 Å². The van der Waals surface area contributed by atoms with Gasteiger partial charge in [-0.1, -0.05) is 18.2 Å². The number of hydrogen-bond donors (Lipinski definition) is 3. The molecule has 1 aliphatic rings. The second-order valence-corrected chi connectivity index (χ2v) is 8.17. The molecule has 0 bridgehead atoms. The van der Waals surface area contributed by atoms with Crippen molar-refractivity contribution >= 4 is 35.0 Å². The summed E-state index contributed by atoms with van der Waals surface area (Å²) in [5.41, 5.74) is 6.17. The van der Waals surface area contributed by atoms with E-state index in [0.717, 1.165) is 33.8 Å². The molecule has 4 aromatic rings. The lowest BCUT2D eigenvalue weighted by Gasteiger charge is -2.11. The zero-order valence-electron chi connectivity index (χ0n) is 18.7. The molecule has 3 N–H and O–H groups in total. The van der Waals surface area contributed by atoms with Crippen LogP contribution in [-0.2, 0) is 11.2 Å². The van der Waals surface area contributed by atoms with Crippen LogP contribution in [0.3, 0.4) is 0 Å². The first kappa shape index (κ1) is 21.3. The van der Waals surface area contributed by atoms with Crippen molar-refractivity contribution in [2.45, 2.75) is 20.3 Å². The molecule has 0 saturated carbocycles. The summed E-state index contributed by atoms with van der Waals surface area (Å²) < 4.78 is 0. The molecule has 3 heterocycles. The smallest absolute Gasteiger partial charge is 0.256 e. The van der Waals surface area contributed by atoms with Crippen LogP contribution < -0.4 is 16.0 Å². The average molecular weight is 451 g/mol. The van der Waals surface area contributed by atoms with E-state index in [1.165, 1.54) is 0 Å². The maximum absolute atomic E-state index is 12.6. The Morgan fingerprint density at radius 3 is 2.59 bits per heavy atom. The average Bonchev–Trinajstić information content (AvgIpc) is 2.94. The molecule has 0 radical (unpaired) electrons. The number of benzene rings is 2. The summed E-state index contributed by atoms with van der Waals surface area (Å²) in [6.45, 7) is 3.85. The predicted molar refractivity (Wildman–Crippen MR) is 131 cm³/mol. The number of para-hydroxylation sites is 1. The first-order valence-corrected chi connectivity index (χ1v) is 10.8. The van der Waals surface area contributed by atoms with Gasteiger partial charge >= 0.3 is 0 Å². The van der Waals surface area contributed by atoms with Crippen molar-refractivity contribution in [3.05, 3.63) is 89.2 Å². The Bertz CT molecular complexity index is 1400. The summed E-state index contributed by atoms with van der Waals surface area (Å²) in [7, 11) is 0. The van der Waals surface area contributed by atoms with Gasteiger partial charge in [-0.3, -0.25) is 9.59 Å². The number of pyridine rings is 1. The Morgan fingerprint density at radius 1 is 1.00 bits per heavy atom. The van der Waals surface area contributed by atoms with Crippen molar-refractivity contribution < 1.29 is 9.59 Å². The number of anilines is 4. The molecule has 0 saturated heterocycles. The number of amides is 2. The van der Waals surface area contributed by atoms with Crippen molar-refractivity contribution in [3.63, 3.8) is 0 Å². The summed E-state index contributed by atoms with van der Waals surface area (Å²) >= 11 is 0. The highest BCUT2D eigenvalue weighted by Gasteiger charge is 2.20. The van der Waals surface area contributed by atoms with Crippen molar-refractivity contribution in [1.82, 2.24) is 15.0 Å². The SMILES string of the molecule is Cc1cc(C)nc(NC(=O)c2ccc(Nc3ncc4c(n3)-c3ccccc3NC(=O)C4)cc2)c1. The zero-order chi connectivity index (χ0) is 23.7. The van der Waals surface area contributed by atoms with E-state index in [2.05, 4.69) is 30.9 Å². The fourth-order valence-electron chi connectivity index (χ4n) is 3.92. The molecule has 1 aliphatic heterocycles. The van der Waals surface area contributed by atoms with Crippen LogP contribution in [0.15, 0.2) is 66.9 Å². The van der Waals surface area contributed by atoms with E-state index in [1.807, 2.05) is 50.2 Å². The molecular weight excluding hydrogens is 428 g/mol. The van der Waals surface area contributed by atoms with Gasteiger partial charge in [0.05, 0.1) is 17.8 Å². The molecule has 8 heteroatoms. The lowest BCUT2D eigenvalue weighted by Crippen LogP contribution is -2.13. The van der Waals surface area contributed by atoms with Gasteiger partial charge in [-0.15, -0.1) is 0 Å². The normalized spacial score (nSPS) is 12.1. The number of aromatic nitrogens is 3. The Morgan fingerprint density at radius 2 is 1.79 bits per heavy atom. The highest BCUT2D eigenvalue weighted by atomic mass is 16.2. The third kappa shape index (κ3) is 4.47. The van der Waals surface area contributed by atoms with Crippen molar-refractivity contribution in [2.75, 3.05) is 16.0 Å². The highest BCUT2D eigenvalue weighted by Crippen LogP contribution is 2.32. The van der Waals surface area contributed by atoms with Crippen molar-refractivity contribution in [3.8, 4) is 11.3 Å². The van der Waals surface area contributed by atoms with E-state index in [9.17, 15) is 9.59 Å².